The Labute approximate surface area is 302 Å². The Bertz CT molecular complexity index is 2140. The van der Waals surface area contributed by atoms with Crippen LogP contribution < -0.4 is 15.9 Å². The zero-order valence-electron chi connectivity index (χ0n) is 27.3. The molecule has 0 N–H and O–H groups in total. The Hall–Kier alpha value is -4.65. The Kier molecular flexibility index (Phi) is 8.72. The van der Waals surface area contributed by atoms with E-state index in [1.165, 1.54) is 33.4 Å². The molecular formula is C45H34IrNOP-2. The Balaban J connectivity index is 0.000000160. The maximum atomic E-state index is 13.8. The molecule has 2 nitrogen and oxygen atoms in total. The van der Waals surface area contributed by atoms with Crippen LogP contribution in [0.2, 0.25) is 0 Å². The van der Waals surface area contributed by atoms with Crippen LogP contribution in [-0.2, 0) is 35.5 Å². The van der Waals surface area contributed by atoms with E-state index >= 15 is 0 Å². The summed E-state index contributed by atoms with van der Waals surface area (Å²) < 4.78 is 13.8. The summed E-state index contributed by atoms with van der Waals surface area (Å²) in [6, 6.07) is 62.0. The van der Waals surface area contributed by atoms with E-state index in [0.717, 1.165) is 27.2 Å². The molecule has 1 aromatic heterocycles. The Morgan fingerprint density at radius 2 is 1.02 bits per heavy atom. The van der Waals surface area contributed by atoms with Crippen molar-refractivity contribution < 1.29 is 24.7 Å². The first-order chi connectivity index (χ1) is 23.5. The summed E-state index contributed by atoms with van der Waals surface area (Å²) in [5.41, 5.74) is 10.1. The van der Waals surface area contributed by atoms with E-state index in [2.05, 4.69) is 97.7 Å². The molecule has 49 heavy (non-hydrogen) atoms. The monoisotopic (exact) mass is 828 g/mol. The number of aromatic nitrogens is 1. The Morgan fingerprint density at radius 1 is 0.531 bits per heavy atom. The van der Waals surface area contributed by atoms with E-state index in [1.807, 2.05) is 103 Å². The van der Waals surface area contributed by atoms with Crippen molar-refractivity contribution in [2.75, 3.05) is 0 Å². The van der Waals surface area contributed by atoms with E-state index in [-0.39, 0.29) is 30.9 Å². The van der Waals surface area contributed by atoms with Gasteiger partial charge in [0, 0.05) is 47.7 Å². The topological polar surface area (TPSA) is 30.0 Å². The third-order valence-electron chi connectivity index (χ3n) is 10.2. The minimum Gasteiger partial charge on any atom is -0.311 e. The zero-order valence-corrected chi connectivity index (χ0v) is 30.6. The van der Waals surface area contributed by atoms with E-state index in [0.29, 0.717) is 0 Å². The fourth-order valence-corrected chi connectivity index (χ4v) is 10.4. The Morgan fingerprint density at radius 3 is 1.51 bits per heavy atom. The van der Waals surface area contributed by atoms with Crippen LogP contribution >= 0.6 is 7.14 Å². The van der Waals surface area contributed by atoms with Crippen LogP contribution in [0.15, 0.2) is 170 Å². The SMILES string of the molecule is CC12c3c[c-]c(-c4ccccn4)cc3C(C)(c3ccccc31)c1ccccc12.O=P(c1[c-]cccc1)(c1ccccc1)c1ccccc1.[Ir]. The van der Waals surface area contributed by atoms with E-state index in [4.69, 9.17) is 0 Å². The normalized spacial score (nSPS) is 18.1. The van der Waals surface area contributed by atoms with Crippen molar-refractivity contribution in [2.45, 2.75) is 24.7 Å². The minimum absolute atomic E-state index is 0. The van der Waals surface area contributed by atoms with Crippen LogP contribution in [0, 0.1) is 12.1 Å². The number of hydrogen-bond acceptors (Lipinski definition) is 2. The van der Waals surface area contributed by atoms with Gasteiger partial charge in [0.15, 0.2) is 0 Å². The quantitative estimate of drug-likeness (QED) is 0.131. The van der Waals surface area contributed by atoms with Crippen LogP contribution in [0.4, 0.5) is 0 Å². The number of pyridine rings is 1. The number of rotatable bonds is 4. The van der Waals surface area contributed by atoms with Crippen LogP contribution in [0.3, 0.4) is 0 Å². The summed E-state index contributed by atoms with van der Waals surface area (Å²) in [4.78, 5) is 4.56. The van der Waals surface area contributed by atoms with Crippen molar-refractivity contribution in [1.29, 1.82) is 0 Å². The first-order valence-electron chi connectivity index (χ1n) is 16.3. The first-order valence-corrected chi connectivity index (χ1v) is 18.0. The second-order valence-corrected chi connectivity index (χ2v) is 15.5. The average Bonchev–Trinajstić information content (AvgIpc) is 3.18. The number of hydrogen-bond donors (Lipinski definition) is 0. The predicted molar refractivity (Wildman–Crippen MR) is 197 cm³/mol. The van der Waals surface area contributed by atoms with Crippen LogP contribution in [0.5, 0.6) is 0 Å². The molecule has 4 heteroatoms. The van der Waals surface area contributed by atoms with Gasteiger partial charge < -0.3 is 9.55 Å². The molecule has 0 spiro atoms. The van der Waals surface area contributed by atoms with Gasteiger partial charge in [-0.2, -0.15) is 30.3 Å². The molecule has 3 aliphatic rings. The van der Waals surface area contributed by atoms with E-state index in [1.54, 1.807) is 0 Å². The van der Waals surface area contributed by atoms with Crippen LogP contribution in [0.25, 0.3) is 11.3 Å². The van der Waals surface area contributed by atoms with Gasteiger partial charge in [-0.15, -0.1) is 34.9 Å². The van der Waals surface area contributed by atoms with Crippen molar-refractivity contribution in [1.82, 2.24) is 4.98 Å². The van der Waals surface area contributed by atoms with E-state index in [9.17, 15) is 4.57 Å². The van der Waals surface area contributed by atoms with Crippen molar-refractivity contribution in [3.05, 3.63) is 216 Å². The summed E-state index contributed by atoms with van der Waals surface area (Å²) in [5, 5.41) is 2.43. The molecular weight excluding hydrogens is 794 g/mol. The van der Waals surface area contributed by atoms with Gasteiger partial charge in [0.1, 0.15) is 7.14 Å². The third-order valence-corrected chi connectivity index (χ3v) is 13.3. The van der Waals surface area contributed by atoms with Gasteiger partial charge in [-0.25, -0.2) is 0 Å². The van der Waals surface area contributed by atoms with Gasteiger partial charge in [0.2, 0.25) is 0 Å². The molecule has 7 aromatic rings. The fourth-order valence-electron chi connectivity index (χ4n) is 7.85. The fraction of sp³-hybridized carbons (Fsp3) is 0.0889. The smallest absolute Gasteiger partial charge is 0.147 e. The van der Waals surface area contributed by atoms with Crippen molar-refractivity contribution >= 4 is 23.1 Å². The van der Waals surface area contributed by atoms with E-state index < -0.39 is 7.14 Å². The largest absolute Gasteiger partial charge is 0.311 e. The molecule has 0 fully saturated rings. The summed E-state index contributed by atoms with van der Waals surface area (Å²) in [7, 11) is -2.83. The molecule has 0 saturated carbocycles. The summed E-state index contributed by atoms with van der Waals surface area (Å²) in [6.07, 6.45) is 1.85. The van der Waals surface area contributed by atoms with Gasteiger partial charge in [0.25, 0.3) is 0 Å². The van der Waals surface area contributed by atoms with Crippen molar-refractivity contribution in [2.24, 2.45) is 0 Å². The molecule has 241 valence electrons. The molecule has 0 atom stereocenters. The molecule has 6 aromatic carbocycles. The minimum atomic E-state index is -2.83. The second-order valence-electron chi connectivity index (χ2n) is 12.8. The molecule has 3 aliphatic carbocycles. The van der Waals surface area contributed by atoms with Crippen LogP contribution in [-0.4, -0.2) is 4.98 Å². The number of benzene rings is 6. The number of nitrogens with zero attached hydrogens (tertiary/aromatic N) is 1. The van der Waals surface area contributed by atoms with Crippen molar-refractivity contribution in [3.8, 4) is 11.3 Å². The maximum Gasteiger partial charge on any atom is 0.147 e. The third kappa shape index (κ3) is 5.12. The molecule has 0 amide bonds. The van der Waals surface area contributed by atoms with Gasteiger partial charge in [0.05, 0.1) is 0 Å². The summed E-state index contributed by atoms with van der Waals surface area (Å²) in [5.74, 6) is 0. The molecule has 2 bridgehead atoms. The summed E-state index contributed by atoms with van der Waals surface area (Å²) >= 11 is 0. The van der Waals surface area contributed by atoms with Gasteiger partial charge >= 0.3 is 0 Å². The molecule has 0 aliphatic heterocycles. The van der Waals surface area contributed by atoms with Crippen molar-refractivity contribution in [3.63, 3.8) is 0 Å². The standard InChI is InChI=1S/C27H20N.C18H14OP.Ir/c1-26-19-9-3-5-11-21(19)27(2,22-12-6-4-10-20(22)26)24-17-18(14-15-23(24)26)25-13-7-8-16-28-25;19-20(16-10-4-1-5-11-16,17-12-6-2-7-13-17)18-14-8-3-9-15-18;/h3-13,15-17H,1-2H3;1-14H;/q2*-1;. The van der Waals surface area contributed by atoms with Gasteiger partial charge in [-0.3, -0.25) is 0 Å². The molecule has 0 unspecified atom stereocenters. The first kappa shape index (κ1) is 32.9. The maximum absolute atomic E-state index is 13.8. The predicted octanol–water partition coefficient (Wildman–Crippen LogP) is 9.01. The van der Waals surface area contributed by atoms with Gasteiger partial charge in [-0.05, 0) is 40.9 Å². The molecule has 1 heterocycles. The van der Waals surface area contributed by atoms with Crippen LogP contribution in [0.1, 0.15) is 47.2 Å². The average molecular weight is 828 g/mol. The zero-order chi connectivity index (χ0) is 32.8. The molecule has 0 saturated heterocycles. The molecule has 1 radical (unpaired) electrons. The second kappa shape index (κ2) is 13.0. The summed E-state index contributed by atoms with van der Waals surface area (Å²) in [6.45, 7) is 4.75. The molecule has 10 rings (SSSR count). The van der Waals surface area contributed by atoms with Gasteiger partial charge in [-0.1, -0.05) is 134 Å².